The lowest BCUT2D eigenvalue weighted by molar-refractivity contribution is -0.134. The summed E-state index contributed by atoms with van der Waals surface area (Å²) < 4.78 is 62.2. The minimum Gasteiger partial charge on any atom is -0.303 e. The molecule has 33 heavy (non-hydrogen) atoms. The number of benzene rings is 1. The van der Waals surface area contributed by atoms with Gasteiger partial charge in [0, 0.05) is 31.3 Å². The molecule has 0 unspecified atom stereocenters. The van der Waals surface area contributed by atoms with Gasteiger partial charge in [-0.15, -0.1) is 0 Å². The first-order chi connectivity index (χ1) is 15.5. The van der Waals surface area contributed by atoms with E-state index >= 15 is 0 Å². The average molecular weight is 487 g/mol. The molecule has 1 amide bonds. The molecule has 0 saturated carbocycles. The van der Waals surface area contributed by atoms with Crippen LogP contribution in [-0.4, -0.2) is 65.0 Å². The molecule has 8 nitrogen and oxygen atoms in total. The van der Waals surface area contributed by atoms with Gasteiger partial charge in [0.25, 0.3) is 5.91 Å². The maximum Gasteiger partial charge on any atom is 0.389 e. The number of carbonyl (C=O) groups is 1. The van der Waals surface area contributed by atoms with E-state index in [-0.39, 0.29) is 29.9 Å². The molecule has 1 saturated heterocycles. The van der Waals surface area contributed by atoms with E-state index in [1.165, 1.54) is 42.1 Å². The summed E-state index contributed by atoms with van der Waals surface area (Å²) >= 11 is 0. The fraction of sp³-hybridized carbons (Fsp3) is 0.476. The molecule has 12 heteroatoms. The molecule has 3 rings (SSSR count). The van der Waals surface area contributed by atoms with Crippen molar-refractivity contribution in [1.29, 1.82) is 0 Å². The molecule has 0 radical (unpaired) electrons. The number of hydrogen-bond acceptors (Lipinski definition) is 7. The molecule has 1 fully saturated rings. The number of halogens is 3. The van der Waals surface area contributed by atoms with Crippen molar-refractivity contribution in [2.24, 2.45) is 0 Å². The van der Waals surface area contributed by atoms with Gasteiger partial charge in [-0.05, 0) is 37.9 Å². The predicted molar refractivity (Wildman–Crippen MR) is 113 cm³/mol. The van der Waals surface area contributed by atoms with Crippen LogP contribution in [0.3, 0.4) is 0 Å². The topological polar surface area (TPSA) is 112 Å². The van der Waals surface area contributed by atoms with E-state index in [2.05, 4.69) is 9.97 Å². The van der Waals surface area contributed by atoms with Crippen LogP contribution in [0.25, 0.3) is 11.3 Å². The number of alkyl halides is 3. The first-order valence-corrected chi connectivity index (χ1v) is 11.9. The normalized spacial score (nSPS) is 17.0. The quantitative estimate of drug-likeness (QED) is 0.457. The summed E-state index contributed by atoms with van der Waals surface area (Å²) in [6.45, 7) is 3.47. The van der Waals surface area contributed by atoms with Gasteiger partial charge in [0.15, 0.2) is 14.6 Å². The fourth-order valence-electron chi connectivity index (χ4n) is 3.88. The highest BCUT2D eigenvalue weighted by Crippen LogP contribution is 2.36. The van der Waals surface area contributed by atoms with Crippen LogP contribution in [0, 0.1) is 0 Å². The summed E-state index contributed by atoms with van der Waals surface area (Å²) in [5.41, 5.74) is 2.61. The number of rotatable bonds is 7. The summed E-state index contributed by atoms with van der Waals surface area (Å²) in [4.78, 5) is 22.6. The van der Waals surface area contributed by atoms with Gasteiger partial charge in [-0.1, -0.05) is 19.1 Å². The molecular formula is C21H25F3N4O4S. The van der Waals surface area contributed by atoms with E-state index in [1.54, 1.807) is 0 Å². The van der Waals surface area contributed by atoms with Gasteiger partial charge < -0.3 is 4.90 Å². The fourth-order valence-corrected chi connectivity index (χ4v) is 5.84. The van der Waals surface area contributed by atoms with E-state index in [0.717, 1.165) is 6.54 Å². The number of sulfone groups is 1. The monoisotopic (exact) mass is 486 g/mol. The number of amides is 1. The zero-order chi connectivity index (χ0) is 24.3. The van der Waals surface area contributed by atoms with Crippen molar-refractivity contribution in [1.82, 2.24) is 20.3 Å². The third-order valence-corrected chi connectivity index (χ3v) is 8.49. The van der Waals surface area contributed by atoms with Crippen LogP contribution in [0.1, 0.15) is 31.9 Å². The van der Waals surface area contributed by atoms with Crippen LogP contribution in [0.15, 0.2) is 41.6 Å². The Kier molecular flexibility index (Phi) is 7.39. The summed E-state index contributed by atoms with van der Waals surface area (Å²) in [5, 5.41) is 9.23. The number of likely N-dealkylation sites (tertiary alicyclic amines) is 1. The molecule has 2 aromatic rings. The Morgan fingerprint density at radius 3 is 2.27 bits per heavy atom. The van der Waals surface area contributed by atoms with Gasteiger partial charge in [0.05, 0.1) is 22.5 Å². The number of nitrogens with zero attached hydrogens (tertiary/aromatic N) is 3. The van der Waals surface area contributed by atoms with Crippen molar-refractivity contribution >= 4 is 15.7 Å². The zero-order valence-corrected chi connectivity index (χ0v) is 18.8. The highest BCUT2D eigenvalue weighted by atomic mass is 32.2. The Morgan fingerprint density at radius 1 is 1.15 bits per heavy atom. The standard InChI is InChI=1S/C21H25F3N4O4S/c1-2-28-11-9-20(10-12-28,19(29)27-30)33(31,32)17-5-3-15(4-6-17)18-14-25-16(13-26-18)7-8-21(22,23)24/h3-6,13-14,30H,2,7-12H2,1H3,(H,27,29). The second kappa shape index (κ2) is 9.74. The van der Waals surface area contributed by atoms with E-state index in [0.29, 0.717) is 24.3 Å². The highest BCUT2D eigenvalue weighted by Gasteiger charge is 2.52. The minimum absolute atomic E-state index is 0.0438. The van der Waals surface area contributed by atoms with Crippen molar-refractivity contribution in [2.45, 2.75) is 48.4 Å². The summed E-state index contributed by atoms with van der Waals surface area (Å²) in [6, 6.07) is 5.70. The van der Waals surface area contributed by atoms with E-state index < -0.39 is 33.1 Å². The summed E-state index contributed by atoms with van der Waals surface area (Å²) in [5.74, 6) is -0.956. The second-order valence-corrected chi connectivity index (χ2v) is 10.2. The summed E-state index contributed by atoms with van der Waals surface area (Å²) in [7, 11) is -4.13. The molecule has 1 aromatic heterocycles. The second-order valence-electron chi connectivity index (χ2n) is 7.91. The Hall–Kier alpha value is -2.57. The number of aromatic nitrogens is 2. The smallest absolute Gasteiger partial charge is 0.303 e. The molecule has 180 valence electrons. The SMILES string of the molecule is CCN1CCC(C(=O)NO)(S(=O)(=O)c2ccc(-c3cnc(CCC(F)(F)F)cn3)cc2)CC1. The number of hydroxylamine groups is 1. The molecule has 2 N–H and O–H groups in total. The van der Waals surface area contributed by atoms with Crippen LogP contribution in [0.5, 0.6) is 0 Å². The molecule has 0 atom stereocenters. The Balaban J connectivity index is 1.82. The number of nitrogens with one attached hydrogen (secondary N) is 1. The van der Waals surface area contributed by atoms with Crippen LogP contribution in [-0.2, 0) is 21.1 Å². The third-order valence-electron chi connectivity index (χ3n) is 5.97. The number of piperidine rings is 1. The lowest BCUT2D eigenvalue weighted by Gasteiger charge is -2.39. The number of aryl methyl sites for hydroxylation is 1. The molecule has 0 spiro atoms. The first kappa shape index (κ1) is 25.1. The maximum absolute atomic E-state index is 13.4. The third kappa shape index (κ3) is 5.33. The van der Waals surface area contributed by atoms with Crippen LogP contribution in [0.2, 0.25) is 0 Å². The highest BCUT2D eigenvalue weighted by molar-refractivity contribution is 7.93. The maximum atomic E-state index is 13.4. The molecule has 0 aliphatic carbocycles. The van der Waals surface area contributed by atoms with Gasteiger partial charge in [0.1, 0.15) is 0 Å². The molecule has 1 aliphatic rings. The van der Waals surface area contributed by atoms with Crippen LogP contribution in [0.4, 0.5) is 13.2 Å². The molecule has 1 aliphatic heterocycles. The predicted octanol–water partition coefficient (Wildman–Crippen LogP) is 2.77. The lowest BCUT2D eigenvalue weighted by atomic mass is 9.95. The molecule has 0 bridgehead atoms. The van der Waals surface area contributed by atoms with E-state index in [9.17, 15) is 31.6 Å². The first-order valence-electron chi connectivity index (χ1n) is 10.4. The van der Waals surface area contributed by atoms with Crippen molar-refractivity contribution < 1.29 is 31.6 Å². The van der Waals surface area contributed by atoms with E-state index in [1.807, 2.05) is 11.8 Å². The van der Waals surface area contributed by atoms with Gasteiger partial charge in [-0.3, -0.25) is 20.0 Å². The summed E-state index contributed by atoms with van der Waals surface area (Å²) in [6.07, 6.45) is -2.88. The number of carbonyl (C=O) groups excluding carboxylic acids is 1. The zero-order valence-electron chi connectivity index (χ0n) is 18.0. The number of hydrogen-bond donors (Lipinski definition) is 2. The molecule has 1 aromatic carbocycles. The van der Waals surface area contributed by atoms with Gasteiger partial charge >= 0.3 is 6.18 Å². The molecular weight excluding hydrogens is 461 g/mol. The van der Waals surface area contributed by atoms with Crippen LogP contribution < -0.4 is 5.48 Å². The lowest BCUT2D eigenvalue weighted by Crippen LogP contribution is -2.57. The largest absolute Gasteiger partial charge is 0.389 e. The van der Waals surface area contributed by atoms with Gasteiger partial charge in [-0.25, -0.2) is 13.9 Å². The molecule has 2 heterocycles. The average Bonchev–Trinajstić information content (AvgIpc) is 2.82. The van der Waals surface area contributed by atoms with Crippen molar-refractivity contribution in [3.05, 3.63) is 42.4 Å². The van der Waals surface area contributed by atoms with Crippen molar-refractivity contribution in [2.75, 3.05) is 19.6 Å². The van der Waals surface area contributed by atoms with Gasteiger partial charge in [-0.2, -0.15) is 13.2 Å². The van der Waals surface area contributed by atoms with Crippen molar-refractivity contribution in [3.63, 3.8) is 0 Å². The van der Waals surface area contributed by atoms with Crippen LogP contribution >= 0.6 is 0 Å². The van der Waals surface area contributed by atoms with Gasteiger partial charge in [0.2, 0.25) is 0 Å². The van der Waals surface area contributed by atoms with Crippen molar-refractivity contribution in [3.8, 4) is 11.3 Å². The minimum atomic E-state index is -4.28. The Bertz CT molecular complexity index is 1070. The van der Waals surface area contributed by atoms with E-state index in [4.69, 9.17) is 0 Å². The Morgan fingerprint density at radius 2 is 1.79 bits per heavy atom. The Labute approximate surface area is 189 Å².